The average Bonchev–Trinajstić information content (AvgIpc) is 3.14. The van der Waals surface area contributed by atoms with E-state index in [1.54, 1.807) is 50.7 Å². The molecule has 0 spiro atoms. The van der Waals surface area contributed by atoms with E-state index in [1.807, 2.05) is 6.92 Å². The van der Waals surface area contributed by atoms with E-state index >= 15 is 0 Å². The highest BCUT2D eigenvalue weighted by molar-refractivity contribution is 5.94. The van der Waals surface area contributed by atoms with Crippen molar-refractivity contribution in [2.45, 2.75) is 19.9 Å². The number of nitro benzene ring substituents is 1. The smallest absolute Gasteiger partial charge is 0.275 e. The van der Waals surface area contributed by atoms with Gasteiger partial charge in [-0.1, -0.05) is 0 Å². The summed E-state index contributed by atoms with van der Waals surface area (Å²) in [7, 11) is 1.55. The summed E-state index contributed by atoms with van der Waals surface area (Å²) in [5.41, 5.74) is 0.979. The lowest BCUT2D eigenvalue weighted by atomic mass is 10.2. The van der Waals surface area contributed by atoms with Crippen molar-refractivity contribution in [3.63, 3.8) is 0 Å². The molecule has 0 saturated carbocycles. The van der Waals surface area contributed by atoms with Crippen molar-refractivity contribution in [2.24, 2.45) is 0 Å². The molecular weight excluding hydrogens is 376 g/mol. The van der Waals surface area contributed by atoms with Gasteiger partial charge in [0, 0.05) is 18.3 Å². The van der Waals surface area contributed by atoms with E-state index in [9.17, 15) is 14.9 Å². The minimum Gasteiger partial charge on any atom is -0.497 e. The van der Waals surface area contributed by atoms with Crippen molar-refractivity contribution in [3.8, 4) is 17.2 Å². The van der Waals surface area contributed by atoms with Gasteiger partial charge in [-0.15, -0.1) is 0 Å². The van der Waals surface area contributed by atoms with Crippen LogP contribution < -0.4 is 14.8 Å². The van der Waals surface area contributed by atoms with Crippen LogP contribution in [0.4, 0.5) is 11.4 Å². The third-order valence-electron chi connectivity index (χ3n) is 4.17. The van der Waals surface area contributed by atoms with Gasteiger partial charge in [-0.2, -0.15) is 5.10 Å². The molecule has 9 nitrogen and oxygen atoms in total. The number of anilines is 1. The van der Waals surface area contributed by atoms with Crippen LogP contribution in [0, 0.1) is 17.0 Å². The third kappa shape index (κ3) is 4.89. The van der Waals surface area contributed by atoms with E-state index < -0.39 is 11.0 Å². The summed E-state index contributed by atoms with van der Waals surface area (Å²) >= 11 is 0. The number of nitro groups is 1. The molecule has 1 aromatic heterocycles. The first-order chi connectivity index (χ1) is 13.9. The molecule has 3 aromatic rings. The van der Waals surface area contributed by atoms with Crippen LogP contribution in [0.3, 0.4) is 0 Å². The zero-order valence-corrected chi connectivity index (χ0v) is 16.2. The van der Waals surface area contributed by atoms with Gasteiger partial charge in [0.2, 0.25) is 5.91 Å². The summed E-state index contributed by atoms with van der Waals surface area (Å²) in [5.74, 6) is 1.00. The Morgan fingerprint density at radius 3 is 2.45 bits per heavy atom. The summed E-state index contributed by atoms with van der Waals surface area (Å²) in [4.78, 5) is 23.3. The van der Waals surface area contributed by atoms with Gasteiger partial charge < -0.3 is 14.8 Å². The maximum Gasteiger partial charge on any atom is 0.275 e. The van der Waals surface area contributed by atoms with E-state index in [0.717, 1.165) is 5.56 Å². The largest absolute Gasteiger partial charge is 0.497 e. The lowest BCUT2D eigenvalue weighted by Crippen LogP contribution is -2.24. The summed E-state index contributed by atoms with van der Waals surface area (Å²) in [6, 6.07) is 10.3. The van der Waals surface area contributed by atoms with Crippen molar-refractivity contribution < 1.29 is 19.2 Å². The molecule has 3 rings (SSSR count). The molecule has 29 heavy (non-hydrogen) atoms. The second-order valence-electron chi connectivity index (χ2n) is 6.41. The number of nitrogens with one attached hydrogen (secondary N) is 1. The lowest BCUT2D eigenvalue weighted by Gasteiger charge is -2.14. The average molecular weight is 396 g/mol. The van der Waals surface area contributed by atoms with Gasteiger partial charge in [-0.25, -0.2) is 0 Å². The predicted octanol–water partition coefficient (Wildman–Crippen LogP) is 4.10. The van der Waals surface area contributed by atoms with Crippen molar-refractivity contribution in [3.05, 3.63) is 70.5 Å². The number of non-ortho nitro benzene ring substituents is 1. The number of amides is 1. The number of ether oxygens (including phenoxy) is 2. The van der Waals surface area contributed by atoms with Crippen LogP contribution in [0.2, 0.25) is 0 Å². The van der Waals surface area contributed by atoms with Crippen LogP contribution in [0.25, 0.3) is 0 Å². The van der Waals surface area contributed by atoms with E-state index in [0.29, 0.717) is 11.5 Å². The minimum atomic E-state index is -0.589. The number of carbonyl (C=O) groups excluding carboxylic acids is 1. The molecular formula is C20H20N4O5. The molecule has 9 heteroatoms. The summed E-state index contributed by atoms with van der Waals surface area (Å²) in [6.45, 7) is 3.56. The summed E-state index contributed by atoms with van der Waals surface area (Å²) in [5, 5.41) is 18.1. The fraction of sp³-hybridized carbons (Fsp3) is 0.200. The van der Waals surface area contributed by atoms with Crippen LogP contribution in [0.15, 0.2) is 54.9 Å². The normalized spacial score (nSPS) is 11.6. The number of aromatic nitrogens is 2. The third-order valence-corrected chi connectivity index (χ3v) is 4.17. The van der Waals surface area contributed by atoms with Crippen LogP contribution in [0.5, 0.6) is 17.2 Å². The molecule has 2 aromatic carbocycles. The number of carbonyl (C=O) groups is 1. The first-order valence-electron chi connectivity index (χ1n) is 8.78. The molecule has 1 atom stereocenters. The molecule has 0 bridgehead atoms. The maximum absolute atomic E-state index is 12.5. The monoisotopic (exact) mass is 396 g/mol. The topological polar surface area (TPSA) is 109 Å². The fourth-order valence-electron chi connectivity index (χ4n) is 2.61. The van der Waals surface area contributed by atoms with Gasteiger partial charge in [0.1, 0.15) is 23.3 Å². The maximum atomic E-state index is 12.5. The SMILES string of the molecule is COc1ccc(Oc2cc(NC(=O)C(C)n3cc(C)cn3)cc([N+](=O)[O-])c2)cc1. The second-order valence-corrected chi connectivity index (χ2v) is 6.41. The van der Waals surface area contributed by atoms with Crippen LogP contribution >= 0.6 is 0 Å². The first kappa shape index (κ1) is 19.9. The van der Waals surface area contributed by atoms with E-state index in [-0.39, 0.29) is 23.0 Å². The molecule has 0 aliphatic rings. The number of methoxy groups -OCH3 is 1. The zero-order valence-electron chi connectivity index (χ0n) is 16.2. The predicted molar refractivity (Wildman–Crippen MR) is 106 cm³/mol. The Labute approximate surface area is 167 Å². The van der Waals surface area contributed by atoms with Gasteiger partial charge in [0.25, 0.3) is 5.69 Å². The van der Waals surface area contributed by atoms with Gasteiger partial charge >= 0.3 is 0 Å². The van der Waals surface area contributed by atoms with Crippen molar-refractivity contribution >= 4 is 17.3 Å². The Morgan fingerprint density at radius 1 is 1.17 bits per heavy atom. The first-order valence-corrected chi connectivity index (χ1v) is 8.78. The van der Waals surface area contributed by atoms with Crippen molar-refractivity contribution in [1.29, 1.82) is 0 Å². The van der Waals surface area contributed by atoms with Gasteiger partial charge in [-0.05, 0) is 43.7 Å². The number of rotatable bonds is 7. The highest BCUT2D eigenvalue weighted by atomic mass is 16.6. The van der Waals surface area contributed by atoms with Crippen molar-refractivity contribution in [2.75, 3.05) is 12.4 Å². The molecule has 0 aliphatic heterocycles. The molecule has 0 aliphatic carbocycles. The highest BCUT2D eigenvalue weighted by Gasteiger charge is 2.18. The number of hydrogen-bond donors (Lipinski definition) is 1. The highest BCUT2D eigenvalue weighted by Crippen LogP contribution is 2.31. The van der Waals surface area contributed by atoms with Crippen LogP contribution in [-0.2, 0) is 4.79 Å². The van der Waals surface area contributed by atoms with Gasteiger partial charge in [0.05, 0.1) is 30.0 Å². The Hall–Kier alpha value is -3.88. The number of nitrogens with zero attached hydrogens (tertiary/aromatic N) is 3. The minimum absolute atomic E-state index is 0.200. The Morgan fingerprint density at radius 2 is 1.86 bits per heavy atom. The molecule has 0 saturated heterocycles. The molecule has 150 valence electrons. The Bertz CT molecular complexity index is 1030. The molecule has 1 amide bonds. The quantitative estimate of drug-likeness (QED) is 0.476. The summed E-state index contributed by atoms with van der Waals surface area (Å²) < 4.78 is 12.3. The standard InChI is InChI=1S/C20H20N4O5/c1-13-11-21-23(12-13)14(2)20(25)22-15-8-16(24(26)27)10-19(9-15)29-18-6-4-17(28-3)5-7-18/h4-12,14H,1-3H3,(H,22,25). The van der Waals surface area contributed by atoms with E-state index in [2.05, 4.69) is 10.4 Å². The fourth-order valence-corrected chi connectivity index (χ4v) is 2.61. The molecule has 0 radical (unpaired) electrons. The lowest BCUT2D eigenvalue weighted by molar-refractivity contribution is -0.384. The molecule has 1 unspecified atom stereocenters. The Balaban J connectivity index is 1.82. The second kappa shape index (κ2) is 8.42. The van der Waals surface area contributed by atoms with Crippen molar-refractivity contribution in [1.82, 2.24) is 9.78 Å². The van der Waals surface area contributed by atoms with Gasteiger partial charge in [-0.3, -0.25) is 19.6 Å². The molecule has 1 N–H and O–H groups in total. The van der Waals surface area contributed by atoms with Crippen LogP contribution in [-0.4, -0.2) is 27.7 Å². The Kier molecular flexibility index (Phi) is 5.77. The number of aryl methyl sites for hydroxylation is 1. The zero-order chi connectivity index (χ0) is 21.0. The molecule has 1 heterocycles. The molecule has 0 fully saturated rings. The van der Waals surface area contributed by atoms with E-state index in [4.69, 9.17) is 9.47 Å². The number of benzene rings is 2. The summed E-state index contributed by atoms with van der Waals surface area (Å²) in [6.07, 6.45) is 3.40. The van der Waals surface area contributed by atoms with E-state index in [1.165, 1.54) is 22.9 Å². The van der Waals surface area contributed by atoms with Gasteiger partial charge in [0.15, 0.2) is 0 Å². The van der Waals surface area contributed by atoms with Crippen LogP contribution in [0.1, 0.15) is 18.5 Å². The number of hydrogen-bond acceptors (Lipinski definition) is 6.